The van der Waals surface area contributed by atoms with Crippen molar-refractivity contribution in [2.24, 2.45) is 5.92 Å². The van der Waals surface area contributed by atoms with Crippen molar-refractivity contribution in [3.63, 3.8) is 0 Å². The molecule has 1 unspecified atom stereocenters. The summed E-state index contributed by atoms with van der Waals surface area (Å²) in [6, 6.07) is 0. The molecule has 1 atom stereocenters. The highest BCUT2D eigenvalue weighted by molar-refractivity contribution is 7.13. The van der Waals surface area contributed by atoms with E-state index in [0.717, 1.165) is 38.5 Å². The molecule has 2 rings (SSSR count). The molecule has 3 nitrogen and oxygen atoms in total. The van der Waals surface area contributed by atoms with Crippen LogP contribution in [0.25, 0.3) is 0 Å². The lowest BCUT2D eigenvalue weighted by Crippen LogP contribution is -2.29. The Hall–Kier alpha value is -0.950. The highest BCUT2D eigenvalue weighted by Crippen LogP contribution is 2.33. The van der Waals surface area contributed by atoms with E-state index in [9.17, 15) is 18.0 Å². The van der Waals surface area contributed by atoms with Crippen LogP contribution < -0.4 is 5.32 Å². The third-order valence-corrected chi connectivity index (χ3v) is 4.28. The zero-order valence-corrected chi connectivity index (χ0v) is 11.1. The SMILES string of the molecule is O=C(CCC1CCCNC1)c1cnc(C(F)(F)F)s1. The molecular formula is C12H15F3N2OS. The van der Waals surface area contributed by atoms with E-state index in [1.165, 1.54) is 0 Å². The van der Waals surface area contributed by atoms with Crippen LogP contribution in [0.1, 0.15) is 40.4 Å². The van der Waals surface area contributed by atoms with E-state index in [0.29, 0.717) is 23.7 Å². The Balaban J connectivity index is 1.87. The minimum absolute atomic E-state index is 0.107. The van der Waals surface area contributed by atoms with E-state index in [2.05, 4.69) is 10.3 Å². The van der Waals surface area contributed by atoms with Crippen LogP contribution in [-0.2, 0) is 6.18 Å². The number of carbonyl (C=O) groups excluding carboxylic acids is 1. The average Bonchev–Trinajstić information content (AvgIpc) is 2.87. The number of hydrogen-bond acceptors (Lipinski definition) is 4. The number of hydrogen-bond donors (Lipinski definition) is 1. The Bertz CT molecular complexity index is 438. The maximum atomic E-state index is 12.4. The molecule has 0 saturated carbocycles. The van der Waals surface area contributed by atoms with E-state index >= 15 is 0 Å². The number of carbonyl (C=O) groups is 1. The van der Waals surface area contributed by atoms with Crippen LogP contribution in [-0.4, -0.2) is 23.9 Å². The molecule has 1 aliphatic rings. The van der Waals surface area contributed by atoms with E-state index in [1.807, 2.05) is 0 Å². The molecule has 0 amide bonds. The number of nitrogens with zero attached hydrogens (tertiary/aromatic N) is 1. The van der Waals surface area contributed by atoms with Crippen molar-refractivity contribution >= 4 is 17.1 Å². The number of halogens is 3. The standard InChI is InChI=1S/C12H15F3N2OS/c13-12(14,15)11-17-7-10(19-11)9(18)4-3-8-2-1-5-16-6-8/h7-8,16H,1-6H2. The smallest absolute Gasteiger partial charge is 0.316 e. The first-order valence-corrected chi connectivity index (χ1v) is 7.05. The molecule has 1 saturated heterocycles. The van der Waals surface area contributed by atoms with Crippen molar-refractivity contribution in [2.75, 3.05) is 13.1 Å². The highest BCUT2D eigenvalue weighted by Gasteiger charge is 2.35. The first-order valence-electron chi connectivity index (χ1n) is 6.24. The lowest BCUT2D eigenvalue weighted by Gasteiger charge is -2.22. The van der Waals surface area contributed by atoms with Crippen LogP contribution in [0, 0.1) is 5.92 Å². The Kier molecular flexibility index (Phi) is 4.57. The van der Waals surface area contributed by atoms with Crippen molar-refractivity contribution < 1.29 is 18.0 Å². The molecule has 106 valence electrons. The summed E-state index contributed by atoms with van der Waals surface area (Å²) in [7, 11) is 0. The predicted octanol–water partition coefficient (Wildman–Crippen LogP) is 3.12. The maximum absolute atomic E-state index is 12.4. The van der Waals surface area contributed by atoms with Crippen molar-refractivity contribution in [1.29, 1.82) is 0 Å². The summed E-state index contributed by atoms with van der Waals surface area (Å²) in [4.78, 5) is 15.2. The van der Waals surface area contributed by atoms with E-state index in [1.54, 1.807) is 0 Å². The number of aromatic nitrogens is 1. The molecule has 0 bridgehead atoms. The molecule has 0 radical (unpaired) electrons. The largest absolute Gasteiger partial charge is 0.443 e. The fourth-order valence-electron chi connectivity index (χ4n) is 2.16. The quantitative estimate of drug-likeness (QED) is 0.867. The Morgan fingerprint density at radius 2 is 2.32 bits per heavy atom. The summed E-state index contributed by atoms with van der Waals surface area (Å²) in [6.07, 6.45) is -0.225. The molecule has 0 aromatic carbocycles. The molecule has 1 N–H and O–H groups in total. The summed E-state index contributed by atoms with van der Waals surface area (Å²) < 4.78 is 37.1. The summed E-state index contributed by atoms with van der Waals surface area (Å²) in [6.45, 7) is 1.90. The predicted molar refractivity (Wildman–Crippen MR) is 66.3 cm³/mol. The van der Waals surface area contributed by atoms with Crippen LogP contribution in [0.3, 0.4) is 0 Å². The van der Waals surface area contributed by atoms with Gasteiger partial charge in [0.25, 0.3) is 0 Å². The van der Waals surface area contributed by atoms with E-state index in [-0.39, 0.29) is 10.7 Å². The van der Waals surface area contributed by atoms with Crippen LogP contribution >= 0.6 is 11.3 Å². The van der Waals surface area contributed by atoms with Gasteiger partial charge in [-0.15, -0.1) is 11.3 Å². The third kappa shape index (κ3) is 4.01. The molecule has 7 heteroatoms. The van der Waals surface area contributed by atoms with Crippen LogP contribution in [0.15, 0.2) is 6.20 Å². The van der Waals surface area contributed by atoms with Crippen LogP contribution in [0.5, 0.6) is 0 Å². The number of rotatable bonds is 4. The van der Waals surface area contributed by atoms with Crippen molar-refractivity contribution in [2.45, 2.75) is 31.9 Å². The van der Waals surface area contributed by atoms with Gasteiger partial charge in [-0.05, 0) is 38.3 Å². The number of thiazole rings is 1. The molecule has 1 fully saturated rings. The van der Waals surface area contributed by atoms with Gasteiger partial charge in [0.05, 0.1) is 4.88 Å². The molecule has 19 heavy (non-hydrogen) atoms. The summed E-state index contributed by atoms with van der Waals surface area (Å²) >= 11 is 0.433. The molecule has 2 heterocycles. The van der Waals surface area contributed by atoms with Gasteiger partial charge >= 0.3 is 6.18 Å². The van der Waals surface area contributed by atoms with Gasteiger partial charge in [-0.1, -0.05) is 0 Å². The Labute approximate surface area is 113 Å². The second kappa shape index (κ2) is 6.00. The molecular weight excluding hydrogens is 277 g/mol. The Morgan fingerprint density at radius 1 is 1.53 bits per heavy atom. The number of alkyl halides is 3. The van der Waals surface area contributed by atoms with Crippen LogP contribution in [0.4, 0.5) is 13.2 Å². The minimum Gasteiger partial charge on any atom is -0.316 e. The van der Waals surface area contributed by atoms with Crippen LogP contribution in [0.2, 0.25) is 0 Å². The third-order valence-electron chi connectivity index (χ3n) is 3.20. The van der Waals surface area contributed by atoms with Gasteiger partial charge in [0, 0.05) is 12.6 Å². The van der Waals surface area contributed by atoms with Crippen molar-refractivity contribution in [1.82, 2.24) is 10.3 Å². The normalized spacial score (nSPS) is 20.5. The van der Waals surface area contributed by atoms with Gasteiger partial charge in [-0.3, -0.25) is 4.79 Å². The fourth-order valence-corrected chi connectivity index (χ4v) is 2.91. The zero-order chi connectivity index (χ0) is 13.9. The molecule has 0 aliphatic carbocycles. The molecule has 1 aromatic heterocycles. The van der Waals surface area contributed by atoms with Gasteiger partial charge in [-0.25, -0.2) is 4.98 Å². The van der Waals surface area contributed by atoms with E-state index < -0.39 is 11.2 Å². The van der Waals surface area contributed by atoms with Crippen molar-refractivity contribution in [3.05, 3.63) is 16.1 Å². The molecule has 1 aliphatic heterocycles. The molecule has 1 aromatic rings. The lowest BCUT2D eigenvalue weighted by atomic mass is 9.93. The summed E-state index contributed by atoms with van der Waals surface area (Å²) in [5, 5.41) is 2.30. The number of Topliss-reactive ketones (excluding diaryl/α,β-unsaturated/α-hetero) is 1. The highest BCUT2D eigenvalue weighted by atomic mass is 32.1. The number of ketones is 1. The number of nitrogens with one attached hydrogen (secondary N) is 1. The minimum atomic E-state index is -4.46. The van der Waals surface area contributed by atoms with Gasteiger partial charge < -0.3 is 5.32 Å². The fraction of sp³-hybridized carbons (Fsp3) is 0.667. The first-order chi connectivity index (χ1) is 8.97. The maximum Gasteiger partial charge on any atom is 0.443 e. The molecule has 0 spiro atoms. The van der Waals surface area contributed by atoms with Gasteiger partial charge in [0.15, 0.2) is 10.8 Å². The zero-order valence-electron chi connectivity index (χ0n) is 10.3. The second-order valence-corrected chi connectivity index (χ2v) is 5.73. The van der Waals surface area contributed by atoms with Gasteiger partial charge in [0.1, 0.15) is 0 Å². The monoisotopic (exact) mass is 292 g/mol. The van der Waals surface area contributed by atoms with E-state index in [4.69, 9.17) is 0 Å². The second-order valence-electron chi connectivity index (χ2n) is 4.70. The lowest BCUT2D eigenvalue weighted by molar-refractivity contribution is -0.137. The van der Waals surface area contributed by atoms with Crippen molar-refractivity contribution in [3.8, 4) is 0 Å². The first kappa shape index (κ1) is 14.5. The topological polar surface area (TPSA) is 42.0 Å². The summed E-state index contributed by atoms with van der Waals surface area (Å²) in [5.41, 5.74) is 0. The van der Waals surface area contributed by atoms with Gasteiger partial charge in [-0.2, -0.15) is 13.2 Å². The summed E-state index contributed by atoms with van der Waals surface area (Å²) in [5.74, 6) is 0.214. The average molecular weight is 292 g/mol. The number of piperidine rings is 1. The Morgan fingerprint density at radius 3 is 2.89 bits per heavy atom. The van der Waals surface area contributed by atoms with Gasteiger partial charge in [0.2, 0.25) is 0 Å².